The molecule has 1 unspecified atom stereocenters. The molecule has 1 aromatic rings. The Bertz CT molecular complexity index is 563. The summed E-state index contributed by atoms with van der Waals surface area (Å²) in [5.74, 6) is -1.25. The molecule has 0 saturated carbocycles. The normalized spacial score (nSPS) is 11.4. The molecule has 0 bridgehead atoms. The van der Waals surface area contributed by atoms with Gasteiger partial charge in [0.2, 0.25) is 5.91 Å². The first-order chi connectivity index (χ1) is 9.85. The lowest BCUT2D eigenvalue weighted by Crippen LogP contribution is -2.44. The quantitative estimate of drug-likeness (QED) is 0.481. The number of benzene rings is 1. The molecule has 21 heavy (non-hydrogen) atoms. The van der Waals surface area contributed by atoms with Gasteiger partial charge < -0.3 is 14.8 Å². The van der Waals surface area contributed by atoms with Gasteiger partial charge >= 0.3 is 11.7 Å². The number of nitrogens with one attached hydrogen (secondary N) is 1. The zero-order valence-corrected chi connectivity index (χ0v) is 12.0. The van der Waals surface area contributed by atoms with Crippen LogP contribution in [-0.4, -0.2) is 36.6 Å². The standard InChI is InChI=1S/C12H13ClN2O6/c1-7(16)14-9(12(17)20-2)6-21-11-4-3-8(13)5-10(11)15(18)19/h3-5,9H,6H2,1-2H3,(H,14,16). The van der Waals surface area contributed by atoms with Crippen molar-refractivity contribution in [1.29, 1.82) is 0 Å². The van der Waals surface area contributed by atoms with E-state index in [1.54, 1.807) is 0 Å². The van der Waals surface area contributed by atoms with Crippen molar-refractivity contribution < 1.29 is 24.0 Å². The van der Waals surface area contributed by atoms with E-state index in [2.05, 4.69) is 10.1 Å². The number of methoxy groups -OCH3 is 1. The van der Waals surface area contributed by atoms with Crippen LogP contribution in [0, 0.1) is 10.1 Å². The number of nitro benzene ring substituents is 1. The molecule has 1 atom stereocenters. The van der Waals surface area contributed by atoms with Crippen molar-refractivity contribution in [1.82, 2.24) is 5.32 Å². The smallest absolute Gasteiger partial charge is 0.331 e. The number of rotatable bonds is 6. The van der Waals surface area contributed by atoms with Crippen molar-refractivity contribution >= 4 is 29.2 Å². The van der Waals surface area contributed by atoms with Crippen molar-refractivity contribution in [3.63, 3.8) is 0 Å². The van der Waals surface area contributed by atoms with Gasteiger partial charge in [-0.15, -0.1) is 0 Å². The number of hydrogen-bond donors (Lipinski definition) is 1. The number of nitro groups is 1. The summed E-state index contributed by atoms with van der Waals surface area (Å²) in [6, 6.07) is 2.78. The van der Waals surface area contributed by atoms with Crippen LogP contribution in [0.2, 0.25) is 5.02 Å². The third kappa shape index (κ3) is 4.92. The Kier molecular flexibility index (Phi) is 5.92. The van der Waals surface area contributed by atoms with Gasteiger partial charge in [-0.2, -0.15) is 0 Å². The van der Waals surface area contributed by atoms with Crippen molar-refractivity contribution in [2.45, 2.75) is 13.0 Å². The molecule has 0 saturated heterocycles. The van der Waals surface area contributed by atoms with E-state index in [1.807, 2.05) is 0 Å². The number of nitrogens with zero attached hydrogens (tertiary/aromatic N) is 1. The fraction of sp³-hybridized carbons (Fsp3) is 0.333. The van der Waals surface area contributed by atoms with Crippen LogP contribution in [0.15, 0.2) is 18.2 Å². The van der Waals surface area contributed by atoms with E-state index >= 15 is 0 Å². The van der Waals surface area contributed by atoms with Crippen molar-refractivity contribution in [3.8, 4) is 5.75 Å². The maximum absolute atomic E-state index is 11.5. The van der Waals surface area contributed by atoms with E-state index in [1.165, 1.54) is 19.1 Å². The lowest BCUT2D eigenvalue weighted by molar-refractivity contribution is -0.385. The predicted octanol–water partition coefficient (Wildman–Crippen LogP) is 1.30. The molecule has 9 heteroatoms. The molecule has 0 aromatic heterocycles. The van der Waals surface area contributed by atoms with Crippen LogP contribution >= 0.6 is 11.6 Å². The molecule has 0 aliphatic rings. The van der Waals surface area contributed by atoms with Gasteiger partial charge in [-0.05, 0) is 12.1 Å². The summed E-state index contributed by atoms with van der Waals surface area (Å²) in [7, 11) is 1.15. The highest BCUT2D eigenvalue weighted by molar-refractivity contribution is 6.30. The van der Waals surface area contributed by atoms with Crippen LogP contribution in [0.5, 0.6) is 5.75 Å². The lowest BCUT2D eigenvalue weighted by Gasteiger charge is -2.16. The summed E-state index contributed by atoms with van der Waals surface area (Å²) in [5.41, 5.74) is -0.339. The van der Waals surface area contributed by atoms with Crippen LogP contribution < -0.4 is 10.1 Å². The maximum Gasteiger partial charge on any atom is 0.331 e. The monoisotopic (exact) mass is 316 g/mol. The molecule has 114 valence electrons. The van der Waals surface area contributed by atoms with Gasteiger partial charge in [-0.3, -0.25) is 14.9 Å². The van der Waals surface area contributed by atoms with Gasteiger partial charge in [0.05, 0.1) is 12.0 Å². The number of amides is 1. The second kappa shape index (κ2) is 7.44. The first-order valence-corrected chi connectivity index (χ1v) is 6.14. The number of carbonyl (C=O) groups excluding carboxylic acids is 2. The SMILES string of the molecule is COC(=O)C(COc1ccc(Cl)cc1[N+](=O)[O-])NC(C)=O. The van der Waals surface area contributed by atoms with Gasteiger partial charge in [-0.1, -0.05) is 11.6 Å². The van der Waals surface area contributed by atoms with Crippen molar-refractivity contribution in [2.24, 2.45) is 0 Å². The van der Waals surface area contributed by atoms with E-state index < -0.39 is 22.8 Å². The van der Waals surface area contributed by atoms with E-state index in [0.29, 0.717) is 0 Å². The fourth-order valence-electron chi connectivity index (χ4n) is 1.48. The third-order valence-corrected chi connectivity index (χ3v) is 2.62. The Morgan fingerprint density at radius 2 is 2.14 bits per heavy atom. The van der Waals surface area contributed by atoms with Gasteiger partial charge in [0, 0.05) is 18.0 Å². The molecule has 0 aliphatic heterocycles. The minimum Gasteiger partial charge on any atom is -0.484 e. The first-order valence-electron chi connectivity index (χ1n) is 5.76. The van der Waals surface area contributed by atoms with E-state index in [-0.39, 0.29) is 23.1 Å². The zero-order chi connectivity index (χ0) is 16.0. The molecule has 0 heterocycles. The highest BCUT2D eigenvalue weighted by atomic mass is 35.5. The summed E-state index contributed by atoms with van der Waals surface area (Å²) in [6.45, 7) is 0.912. The number of esters is 1. The zero-order valence-electron chi connectivity index (χ0n) is 11.3. The van der Waals surface area contributed by atoms with Crippen molar-refractivity contribution in [3.05, 3.63) is 33.3 Å². The van der Waals surface area contributed by atoms with E-state index in [9.17, 15) is 19.7 Å². The highest BCUT2D eigenvalue weighted by Crippen LogP contribution is 2.29. The third-order valence-electron chi connectivity index (χ3n) is 2.39. The van der Waals surface area contributed by atoms with E-state index in [4.69, 9.17) is 16.3 Å². The molecule has 1 aromatic carbocycles. The Hall–Kier alpha value is -2.35. The largest absolute Gasteiger partial charge is 0.484 e. The summed E-state index contributed by atoms with van der Waals surface area (Å²) >= 11 is 5.67. The Morgan fingerprint density at radius 3 is 2.67 bits per heavy atom. The fourth-order valence-corrected chi connectivity index (χ4v) is 1.65. The molecule has 1 N–H and O–H groups in total. The lowest BCUT2D eigenvalue weighted by atomic mass is 10.3. The molecule has 1 amide bonds. The highest BCUT2D eigenvalue weighted by Gasteiger charge is 2.23. The second-order valence-electron chi connectivity index (χ2n) is 3.96. The average molecular weight is 317 g/mol. The van der Waals surface area contributed by atoms with Crippen LogP contribution in [0.3, 0.4) is 0 Å². The van der Waals surface area contributed by atoms with Crippen molar-refractivity contribution in [2.75, 3.05) is 13.7 Å². The number of ether oxygens (including phenoxy) is 2. The molecule has 8 nitrogen and oxygen atoms in total. The number of hydrogen-bond acceptors (Lipinski definition) is 6. The van der Waals surface area contributed by atoms with Crippen LogP contribution in [0.1, 0.15) is 6.92 Å². The minimum atomic E-state index is -1.07. The second-order valence-corrected chi connectivity index (χ2v) is 4.39. The average Bonchev–Trinajstić information content (AvgIpc) is 2.42. The van der Waals surface area contributed by atoms with E-state index in [0.717, 1.165) is 13.2 Å². The summed E-state index contributed by atoms with van der Waals surface area (Å²) in [5, 5.41) is 13.4. The van der Waals surface area contributed by atoms with Gasteiger partial charge in [0.25, 0.3) is 0 Å². The predicted molar refractivity (Wildman–Crippen MR) is 73.2 cm³/mol. The van der Waals surface area contributed by atoms with Gasteiger partial charge in [-0.25, -0.2) is 4.79 Å². The Morgan fingerprint density at radius 1 is 1.48 bits per heavy atom. The van der Waals surface area contributed by atoms with Crippen LogP contribution in [0.4, 0.5) is 5.69 Å². The van der Waals surface area contributed by atoms with Gasteiger partial charge in [0.15, 0.2) is 11.8 Å². The number of halogens is 1. The molecule has 0 fully saturated rings. The molecule has 0 radical (unpaired) electrons. The first kappa shape index (κ1) is 16.7. The number of carbonyl (C=O) groups is 2. The molecule has 0 aliphatic carbocycles. The summed E-state index contributed by atoms with van der Waals surface area (Å²) < 4.78 is 9.73. The molecular formula is C12H13ClN2O6. The summed E-state index contributed by atoms with van der Waals surface area (Å²) in [6.07, 6.45) is 0. The van der Waals surface area contributed by atoms with Crippen LogP contribution in [0.25, 0.3) is 0 Å². The maximum atomic E-state index is 11.5. The summed E-state index contributed by atoms with van der Waals surface area (Å²) in [4.78, 5) is 32.7. The molecular weight excluding hydrogens is 304 g/mol. The Balaban J connectivity index is 2.87. The topological polar surface area (TPSA) is 108 Å². The molecule has 1 rings (SSSR count). The molecule has 0 spiro atoms. The Labute approximate surface area is 125 Å². The van der Waals surface area contributed by atoms with Gasteiger partial charge in [0.1, 0.15) is 6.61 Å². The minimum absolute atomic E-state index is 0.0661. The van der Waals surface area contributed by atoms with Crippen LogP contribution in [-0.2, 0) is 14.3 Å².